The van der Waals surface area contributed by atoms with Gasteiger partial charge in [0.05, 0.1) is 6.42 Å². The summed E-state index contributed by atoms with van der Waals surface area (Å²) in [5.74, 6) is 0.999. The summed E-state index contributed by atoms with van der Waals surface area (Å²) in [6.07, 6.45) is 1.44. The lowest BCUT2D eigenvalue weighted by atomic mass is 10.1. The van der Waals surface area contributed by atoms with Crippen LogP contribution in [0, 0.1) is 0 Å². The molecular weight excluding hydrogens is 200 g/mol. The van der Waals surface area contributed by atoms with Crippen LogP contribution in [0.15, 0.2) is 35.3 Å². The monoisotopic (exact) mass is 216 g/mol. The van der Waals surface area contributed by atoms with Crippen molar-refractivity contribution in [2.24, 2.45) is 4.99 Å². The molecule has 0 saturated carbocycles. The number of nitrogens with zero attached hydrogens (tertiary/aromatic N) is 2. The van der Waals surface area contributed by atoms with Crippen molar-refractivity contribution in [1.82, 2.24) is 4.90 Å². The molecule has 1 aliphatic heterocycles. The Morgan fingerprint density at radius 2 is 2.12 bits per heavy atom. The van der Waals surface area contributed by atoms with Crippen LogP contribution in [0.1, 0.15) is 18.9 Å². The Labute approximate surface area is 95.8 Å². The van der Waals surface area contributed by atoms with E-state index in [9.17, 15) is 4.79 Å². The topological polar surface area (TPSA) is 32.7 Å². The molecule has 0 aliphatic carbocycles. The first kappa shape index (κ1) is 10.9. The SMILES string of the molecule is CC1=NCCCN1C(=O)Cc1ccccc1. The fourth-order valence-electron chi connectivity index (χ4n) is 1.89. The summed E-state index contributed by atoms with van der Waals surface area (Å²) in [4.78, 5) is 18.1. The van der Waals surface area contributed by atoms with E-state index in [4.69, 9.17) is 0 Å². The third-order valence-electron chi connectivity index (χ3n) is 2.77. The van der Waals surface area contributed by atoms with Crippen LogP contribution in [0.2, 0.25) is 0 Å². The number of aliphatic imine (C=N–C) groups is 1. The van der Waals surface area contributed by atoms with Gasteiger partial charge in [0.1, 0.15) is 5.84 Å². The van der Waals surface area contributed by atoms with Crippen LogP contribution < -0.4 is 0 Å². The van der Waals surface area contributed by atoms with E-state index in [1.165, 1.54) is 0 Å². The quantitative estimate of drug-likeness (QED) is 0.743. The zero-order valence-electron chi connectivity index (χ0n) is 9.52. The number of carbonyl (C=O) groups excluding carboxylic acids is 1. The number of rotatable bonds is 2. The smallest absolute Gasteiger partial charge is 0.232 e. The molecule has 0 unspecified atom stereocenters. The molecule has 1 aliphatic rings. The van der Waals surface area contributed by atoms with Crippen LogP contribution in [-0.2, 0) is 11.2 Å². The van der Waals surface area contributed by atoms with E-state index >= 15 is 0 Å². The fraction of sp³-hybridized carbons (Fsp3) is 0.385. The van der Waals surface area contributed by atoms with Crippen molar-refractivity contribution in [3.05, 3.63) is 35.9 Å². The van der Waals surface area contributed by atoms with Gasteiger partial charge >= 0.3 is 0 Å². The van der Waals surface area contributed by atoms with E-state index < -0.39 is 0 Å². The summed E-state index contributed by atoms with van der Waals surface area (Å²) < 4.78 is 0. The number of amidine groups is 1. The maximum absolute atomic E-state index is 12.0. The van der Waals surface area contributed by atoms with Crippen LogP contribution in [0.5, 0.6) is 0 Å². The van der Waals surface area contributed by atoms with E-state index in [0.717, 1.165) is 30.9 Å². The maximum atomic E-state index is 12.0. The first-order valence-electron chi connectivity index (χ1n) is 5.63. The number of hydrogen-bond acceptors (Lipinski definition) is 2. The minimum absolute atomic E-state index is 0.146. The normalized spacial score (nSPS) is 15.8. The fourth-order valence-corrected chi connectivity index (χ4v) is 1.89. The third-order valence-corrected chi connectivity index (χ3v) is 2.77. The van der Waals surface area contributed by atoms with Gasteiger partial charge in [-0.05, 0) is 18.9 Å². The Balaban J connectivity index is 2.03. The Kier molecular flexibility index (Phi) is 3.34. The molecule has 84 valence electrons. The predicted octanol–water partition coefficient (Wildman–Crippen LogP) is 1.88. The standard InChI is InChI=1S/C13H16N2O/c1-11-14-8-5-9-15(11)13(16)10-12-6-3-2-4-7-12/h2-4,6-7H,5,8-10H2,1H3. The van der Waals surface area contributed by atoms with Gasteiger partial charge in [-0.25, -0.2) is 0 Å². The Hall–Kier alpha value is -1.64. The van der Waals surface area contributed by atoms with Crippen molar-refractivity contribution < 1.29 is 4.79 Å². The molecule has 0 fully saturated rings. The maximum Gasteiger partial charge on any atom is 0.232 e. The van der Waals surface area contributed by atoms with Gasteiger partial charge in [0.25, 0.3) is 0 Å². The van der Waals surface area contributed by atoms with Crippen LogP contribution in [0.3, 0.4) is 0 Å². The van der Waals surface area contributed by atoms with Gasteiger partial charge in [0, 0.05) is 13.1 Å². The van der Waals surface area contributed by atoms with E-state index in [1.807, 2.05) is 37.3 Å². The van der Waals surface area contributed by atoms with Crippen LogP contribution in [0.25, 0.3) is 0 Å². The first-order valence-corrected chi connectivity index (χ1v) is 5.63. The highest BCUT2D eigenvalue weighted by Gasteiger charge is 2.18. The number of hydrogen-bond donors (Lipinski definition) is 0. The molecule has 3 heteroatoms. The molecule has 2 rings (SSSR count). The van der Waals surface area contributed by atoms with Gasteiger partial charge in [0.15, 0.2) is 0 Å². The van der Waals surface area contributed by atoms with Gasteiger partial charge < -0.3 is 4.90 Å². The first-order chi connectivity index (χ1) is 7.77. The van der Waals surface area contributed by atoms with Gasteiger partial charge in [-0.3, -0.25) is 9.79 Å². The predicted molar refractivity (Wildman–Crippen MR) is 64.5 cm³/mol. The second-order valence-corrected chi connectivity index (χ2v) is 3.99. The highest BCUT2D eigenvalue weighted by Crippen LogP contribution is 2.07. The van der Waals surface area contributed by atoms with E-state index in [1.54, 1.807) is 4.90 Å². The molecule has 0 aromatic heterocycles. The molecule has 0 saturated heterocycles. The number of amides is 1. The average Bonchev–Trinajstić information content (AvgIpc) is 2.31. The molecule has 0 bridgehead atoms. The number of benzene rings is 1. The van der Waals surface area contributed by atoms with Crippen molar-refractivity contribution in [3.63, 3.8) is 0 Å². The molecule has 16 heavy (non-hydrogen) atoms. The van der Waals surface area contributed by atoms with Crippen molar-refractivity contribution in [3.8, 4) is 0 Å². The average molecular weight is 216 g/mol. The Morgan fingerprint density at radius 1 is 1.38 bits per heavy atom. The van der Waals surface area contributed by atoms with E-state index in [2.05, 4.69) is 4.99 Å². The number of carbonyl (C=O) groups is 1. The molecule has 3 nitrogen and oxygen atoms in total. The van der Waals surface area contributed by atoms with Crippen LogP contribution in [-0.4, -0.2) is 29.7 Å². The van der Waals surface area contributed by atoms with E-state index in [-0.39, 0.29) is 5.91 Å². The largest absolute Gasteiger partial charge is 0.301 e. The van der Waals surface area contributed by atoms with Crippen molar-refractivity contribution in [2.45, 2.75) is 19.8 Å². The molecule has 0 spiro atoms. The van der Waals surface area contributed by atoms with Crippen molar-refractivity contribution in [2.75, 3.05) is 13.1 Å². The molecule has 0 atom stereocenters. The molecule has 0 radical (unpaired) electrons. The summed E-state index contributed by atoms with van der Waals surface area (Å²) in [5, 5.41) is 0. The molecule has 1 aromatic carbocycles. The second kappa shape index (κ2) is 4.92. The van der Waals surface area contributed by atoms with Gasteiger partial charge in [-0.1, -0.05) is 30.3 Å². The lowest BCUT2D eigenvalue weighted by Gasteiger charge is -2.25. The lowest BCUT2D eigenvalue weighted by Crippen LogP contribution is -2.39. The summed E-state index contributed by atoms with van der Waals surface area (Å²) in [5.41, 5.74) is 1.06. The summed E-state index contributed by atoms with van der Waals surface area (Å²) in [6, 6.07) is 9.84. The molecule has 1 aromatic rings. The lowest BCUT2D eigenvalue weighted by molar-refractivity contribution is -0.126. The van der Waals surface area contributed by atoms with Crippen molar-refractivity contribution in [1.29, 1.82) is 0 Å². The summed E-state index contributed by atoms with van der Waals surface area (Å²) >= 11 is 0. The Morgan fingerprint density at radius 3 is 2.81 bits per heavy atom. The highest BCUT2D eigenvalue weighted by atomic mass is 16.2. The highest BCUT2D eigenvalue weighted by molar-refractivity contribution is 5.98. The zero-order valence-corrected chi connectivity index (χ0v) is 9.52. The van der Waals surface area contributed by atoms with Gasteiger partial charge in [-0.15, -0.1) is 0 Å². The van der Waals surface area contributed by atoms with Crippen molar-refractivity contribution >= 4 is 11.7 Å². The zero-order chi connectivity index (χ0) is 11.4. The molecular formula is C13H16N2O. The van der Waals surface area contributed by atoms with Gasteiger partial charge in [0.2, 0.25) is 5.91 Å². The minimum Gasteiger partial charge on any atom is -0.301 e. The Bertz CT molecular complexity index is 398. The molecule has 1 heterocycles. The van der Waals surface area contributed by atoms with Crippen LogP contribution >= 0.6 is 0 Å². The van der Waals surface area contributed by atoms with Crippen LogP contribution in [0.4, 0.5) is 0 Å². The molecule has 0 N–H and O–H groups in total. The third kappa shape index (κ3) is 2.48. The summed E-state index contributed by atoms with van der Waals surface area (Å²) in [6.45, 7) is 3.56. The van der Waals surface area contributed by atoms with Gasteiger partial charge in [-0.2, -0.15) is 0 Å². The van der Waals surface area contributed by atoms with E-state index in [0.29, 0.717) is 6.42 Å². The molecule has 1 amide bonds. The summed E-state index contributed by atoms with van der Waals surface area (Å²) in [7, 11) is 0. The second-order valence-electron chi connectivity index (χ2n) is 3.99. The minimum atomic E-state index is 0.146.